The number of hydrazone groups is 1. The lowest BCUT2D eigenvalue weighted by atomic mass is 10.1. The number of nitrogens with zero attached hydrogens (tertiary/aromatic N) is 1. The fourth-order valence-electron chi connectivity index (χ4n) is 1.98. The van der Waals surface area contributed by atoms with Crippen molar-refractivity contribution in [3.8, 4) is 11.5 Å². The summed E-state index contributed by atoms with van der Waals surface area (Å²) in [5.41, 5.74) is 1.26. The molecule has 0 unspecified atom stereocenters. The molecule has 6 nitrogen and oxygen atoms in total. The second-order valence-electron chi connectivity index (χ2n) is 4.81. The standard InChI is InChI=1S/C15H13BrN2O4S/c1-10(11-2-7-14-15(8-11)22-9-21-14)17-18-23(19,20)13-5-3-12(16)4-6-13/h2-8,18H,9H2,1H3/b17-10-. The zero-order chi connectivity index (χ0) is 16.4. The minimum atomic E-state index is -3.71. The van der Waals surface area contributed by atoms with Crippen LogP contribution in [0.4, 0.5) is 0 Å². The van der Waals surface area contributed by atoms with Crippen LogP contribution in [-0.2, 0) is 10.0 Å². The van der Waals surface area contributed by atoms with Gasteiger partial charge < -0.3 is 9.47 Å². The van der Waals surface area contributed by atoms with Gasteiger partial charge in [0, 0.05) is 10.0 Å². The summed E-state index contributed by atoms with van der Waals surface area (Å²) in [6.45, 7) is 1.90. The number of nitrogens with one attached hydrogen (secondary N) is 1. The van der Waals surface area contributed by atoms with E-state index in [2.05, 4.69) is 25.9 Å². The number of sulfonamides is 1. The second kappa shape index (κ2) is 6.21. The van der Waals surface area contributed by atoms with Crippen LogP contribution in [0.2, 0.25) is 0 Å². The molecule has 0 fully saturated rings. The van der Waals surface area contributed by atoms with E-state index in [1.54, 1.807) is 37.3 Å². The molecular weight excluding hydrogens is 384 g/mol. The maximum Gasteiger partial charge on any atom is 0.276 e. The summed E-state index contributed by atoms with van der Waals surface area (Å²) in [5.74, 6) is 1.28. The molecule has 0 saturated heterocycles. The molecule has 0 atom stereocenters. The number of benzene rings is 2. The topological polar surface area (TPSA) is 77.0 Å². The van der Waals surface area contributed by atoms with Gasteiger partial charge in [-0.05, 0) is 49.4 Å². The Hall–Kier alpha value is -2.06. The zero-order valence-electron chi connectivity index (χ0n) is 12.1. The lowest BCUT2D eigenvalue weighted by Crippen LogP contribution is -2.19. The highest BCUT2D eigenvalue weighted by molar-refractivity contribution is 9.10. The number of ether oxygens (including phenoxy) is 2. The van der Waals surface area contributed by atoms with Crippen LogP contribution in [0.5, 0.6) is 11.5 Å². The van der Waals surface area contributed by atoms with Crippen LogP contribution in [0, 0.1) is 0 Å². The normalized spacial score (nSPS) is 13.9. The Morgan fingerprint density at radius 3 is 2.57 bits per heavy atom. The van der Waals surface area contributed by atoms with E-state index in [1.807, 2.05) is 0 Å². The van der Waals surface area contributed by atoms with E-state index >= 15 is 0 Å². The van der Waals surface area contributed by atoms with E-state index in [1.165, 1.54) is 12.1 Å². The van der Waals surface area contributed by atoms with E-state index in [9.17, 15) is 8.42 Å². The van der Waals surface area contributed by atoms with Crippen molar-refractivity contribution < 1.29 is 17.9 Å². The predicted octanol–water partition coefficient (Wildman–Crippen LogP) is 2.88. The first-order valence-electron chi connectivity index (χ1n) is 6.67. The van der Waals surface area contributed by atoms with E-state index in [4.69, 9.17) is 9.47 Å². The van der Waals surface area contributed by atoms with E-state index in [0.717, 1.165) is 10.0 Å². The summed E-state index contributed by atoms with van der Waals surface area (Å²) in [7, 11) is -3.71. The van der Waals surface area contributed by atoms with Gasteiger partial charge in [0.2, 0.25) is 6.79 Å². The number of hydrogen-bond donors (Lipinski definition) is 1. The quantitative estimate of drug-likeness (QED) is 0.636. The summed E-state index contributed by atoms with van der Waals surface area (Å²) in [6.07, 6.45) is 0. The molecule has 1 N–H and O–H groups in total. The number of halogens is 1. The van der Waals surface area contributed by atoms with Crippen LogP contribution in [0.25, 0.3) is 0 Å². The summed E-state index contributed by atoms with van der Waals surface area (Å²) in [6, 6.07) is 11.6. The van der Waals surface area contributed by atoms with E-state index in [-0.39, 0.29) is 11.7 Å². The Morgan fingerprint density at radius 1 is 1.13 bits per heavy atom. The maximum absolute atomic E-state index is 12.2. The molecule has 0 aromatic heterocycles. The van der Waals surface area contributed by atoms with Crippen molar-refractivity contribution >= 4 is 31.7 Å². The Labute approximate surface area is 142 Å². The van der Waals surface area contributed by atoms with Crippen molar-refractivity contribution in [2.24, 2.45) is 5.10 Å². The van der Waals surface area contributed by atoms with Crippen molar-refractivity contribution in [3.05, 3.63) is 52.5 Å². The summed E-state index contributed by atoms with van der Waals surface area (Å²) in [5, 5.41) is 3.96. The highest BCUT2D eigenvalue weighted by atomic mass is 79.9. The van der Waals surface area contributed by atoms with Crippen LogP contribution in [0.1, 0.15) is 12.5 Å². The molecule has 3 rings (SSSR count). The minimum absolute atomic E-state index is 0.142. The third-order valence-corrected chi connectivity index (χ3v) is 5.00. The largest absolute Gasteiger partial charge is 0.454 e. The van der Waals surface area contributed by atoms with E-state index in [0.29, 0.717) is 17.2 Å². The molecule has 1 aliphatic heterocycles. The van der Waals surface area contributed by atoms with Gasteiger partial charge in [-0.1, -0.05) is 15.9 Å². The molecule has 0 bridgehead atoms. The van der Waals surface area contributed by atoms with Crippen LogP contribution in [-0.4, -0.2) is 20.9 Å². The molecule has 2 aromatic carbocycles. The first-order chi connectivity index (χ1) is 11.0. The Balaban J connectivity index is 1.80. The van der Waals surface area contributed by atoms with Gasteiger partial charge in [0.05, 0.1) is 10.6 Å². The molecule has 0 aliphatic carbocycles. The molecule has 1 heterocycles. The molecule has 0 spiro atoms. The van der Waals surface area contributed by atoms with Gasteiger partial charge >= 0.3 is 0 Å². The third kappa shape index (κ3) is 3.48. The Morgan fingerprint density at radius 2 is 1.83 bits per heavy atom. The molecule has 0 saturated carbocycles. The molecule has 23 heavy (non-hydrogen) atoms. The minimum Gasteiger partial charge on any atom is -0.454 e. The Bertz CT molecular complexity index is 864. The predicted molar refractivity (Wildman–Crippen MR) is 89.2 cm³/mol. The molecule has 0 amide bonds. The molecule has 1 aliphatic rings. The van der Waals surface area contributed by atoms with Crippen LogP contribution < -0.4 is 14.3 Å². The second-order valence-corrected chi connectivity index (χ2v) is 7.39. The first kappa shape index (κ1) is 15.8. The number of hydrogen-bond acceptors (Lipinski definition) is 5. The lowest BCUT2D eigenvalue weighted by molar-refractivity contribution is 0.174. The Kier molecular flexibility index (Phi) is 4.27. The van der Waals surface area contributed by atoms with Crippen LogP contribution >= 0.6 is 15.9 Å². The van der Waals surface area contributed by atoms with Gasteiger partial charge in [-0.15, -0.1) is 0 Å². The summed E-state index contributed by atoms with van der Waals surface area (Å²) < 4.78 is 35.7. The van der Waals surface area contributed by atoms with Crippen molar-refractivity contribution in [1.82, 2.24) is 4.83 Å². The summed E-state index contributed by atoms with van der Waals surface area (Å²) in [4.78, 5) is 2.38. The van der Waals surface area contributed by atoms with Gasteiger partial charge in [0.1, 0.15) is 0 Å². The molecular formula is C15H13BrN2O4S. The van der Waals surface area contributed by atoms with Crippen molar-refractivity contribution in [1.29, 1.82) is 0 Å². The molecule has 8 heteroatoms. The number of fused-ring (bicyclic) bond motifs is 1. The van der Waals surface area contributed by atoms with Gasteiger partial charge in [0.15, 0.2) is 11.5 Å². The average molecular weight is 397 g/mol. The van der Waals surface area contributed by atoms with Crippen molar-refractivity contribution in [3.63, 3.8) is 0 Å². The fraction of sp³-hybridized carbons (Fsp3) is 0.133. The van der Waals surface area contributed by atoms with Crippen LogP contribution in [0.15, 0.2) is 56.9 Å². The molecule has 120 valence electrons. The SMILES string of the molecule is C/C(=N/NS(=O)(=O)c1ccc(Br)cc1)c1ccc2c(c1)OCO2. The average Bonchev–Trinajstić information content (AvgIpc) is 3.00. The van der Waals surface area contributed by atoms with Gasteiger partial charge in [-0.3, -0.25) is 0 Å². The maximum atomic E-state index is 12.2. The highest BCUT2D eigenvalue weighted by Crippen LogP contribution is 2.32. The fourth-order valence-corrected chi connectivity index (χ4v) is 3.10. The molecule has 2 aromatic rings. The third-order valence-electron chi connectivity index (χ3n) is 3.25. The molecule has 0 radical (unpaired) electrons. The van der Waals surface area contributed by atoms with Gasteiger partial charge in [-0.2, -0.15) is 18.4 Å². The zero-order valence-corrected chi connectivity index (χ0v) is 14.5. The number of rotatable bonds is 4. The van der Waals surface area contributed by atoms with Gasteiger partial charge in [0.25, 0.3) is 10.0 Å². The van der Waals surface area contributed by atoms with Gasteiger partial charge in [-0.25, -0.2) is 0 Å². The van der Waals surface area contributed by atoms with E-state index < -0.39 is 10.0 Å². The monoisotopic (exact) mass is 396 g/mol. The highest BCUT2D eigenvalue weighted by Gasteiger charge is 2.15. The van der Waals surface area contributed by atoms with Crippen molar-refractivity contribution in [2.75, 3.05) is 6.79 Å². The lowest BCUT2D eigenvalue weighted by Gasteiger charge is -2.06. The van der Waals surface area contributed by atoms with Crippen molar-refractivity contribution in [2.45, 2.75) is 11.8 Å². The first-order valence-corrected chi connectivity index (χ1v) is 8.95. The van der Waals surface area contributed by atoms with Crippen LogP contribution in [0.3, 0.4) is 0 Å². The summed E-state index contributed by atoms with van der Waals surface area (Å²) >= 11 is 3.26. The smallest absolute Gasteiger partial charge is 0.276 e.